The van der Waals surface area contributed by atoms with Crippen LogP contribution in [0.4, 0.5) is 17.1 Å². The van der Waals surface area contributed by atoms with Crippen molar-refractivity contribution in [3.8, 4) is 55.6 Å². The summed E-state index contributed by atoms with van der Waals surface area (Å²) in [4.78, 5) is 2.38. The summed E-state index contributed by atoms with van der Waals surface area (Å²) in [5, 5.41) is 4.73. The Labute approximate surface area is 349 Å². The molecule has 1 aromatic heterocycles. The van der Waals surface area contributed by atoms with Gasteiger partial charge in [0.2, 0.25) is 0 Å². The fourth-order valence-electron chi connectivity index (χ4n) is 8.57. The third kappa shape index (κ3) is 6.61. The largest absolute Gasteiger partial charge is 0.456 e. The zero-order valence-electron chi connectivity index (χ0n) is 32.9. The van der Waals surface area contributed by atoms with Crippen molar-refractivity contribution >= 4 is 49.8 Å². The lowest BCUT2D eigenvalue weighted by molar-refractivity contribution is 0.669. The fourth-order valence-corrected chi connectivity index (χ4v) is 8.57. The molecule has 0 saturated heterocycles. The Morgan fingerprint density at radius 2 is 0.750 bits per heavy atom. The van der Waals surface area contributed by atoms with Crippen LogP contribution < -0.4 is 4.90 Å². The van der Waals surface area contributed by atoms with E-state index in [1.807, 2.05) is 12.1 Å². The first-order valence-corrected chi connectivity index (χ1v) is 20.5. The Morgan fingerprint density at radius 1 is 0.267 bits per heavy atom. The summed E-state index contributed by atoms with van der Waals surface area (Å²) in [5.41, 5.74) is 16.9. The third-order valence-corrected chi connectivity index (χ3v) is 11.7. The number of furan rings is 1. The molecule has 0 unspecified atom stereocenters. The highest BCUT2D eigenvalue weighted by Crippen LogP contribution is 2.43. The van der Waals surface area contributed by atoms with E-state index in [0.29, 0.717) is 0 Å². The van der Waals surface area contributed by atoms with Crippen LogP contribution in [0.25, 0.3) is 88.3 Å². The molecule has 0 bridgehead atoms. The number of benzene rings is 10. The van der Waals surface area contributed by atoms with Gasteiger partial charge >= 0.3 is 0 Å². The SMILES string of the molecule is c1ccc(-c2ccc(-c3ccc(N(c4ccc(-c5cccc(-c6ccc7ccccc7c6)c5)cc4)c4ccccc4-c4ccc5oc6ccccc6c5c4)cc3)cc2)cc1. The zero-order chi connectivity index (χ0) is 39.8. The van der Waals surface area contributed by atoms with E-state index in [4.69, 9.17) is 4.42 Å². The number of anilines is 3. The Kier molecular flexibility index (Phi) is 8.87. The molecule has 2 nitrogen and oxygen atoms in total. The van der Waals surface area contributed by atoms with Crippen LogP contribution in [-0.2, 0) is 0 Å². The summed E-state index contributed by atoms with van der Waals surface area (Å²) >= 11 is 0. The highest BCUT2D eigenvalue weighted by atomic mass is 16.3. The summed E-state index contributed by atoms with van der Waals surface area (Å²) in [7, 11) is 0. The second-order valence-corrected chi connectivity index (χ2v) is 15.3. The van der Waals surface area contributed by atoms with E-state index in [2.05, 4.69) is 229 Å². The number of nitrogens with zero attached hydrogens (tertiary/aromatic N) is 1. The van der Waals surface area contributed by atoms with E-state index in [1.54, 1.807) is 0 Å². The Hall–Kier alpha value is -7.94. The first kappa shape index (κ1) is 35.2. The van der Waals surface area contributed by atoms with Gasteiger partial charge in [0.15, 0.2) is 0 Å². The van der Waals surface area contributed by atoms with Crippen molar-refractivity contribution in [3.63, 3.8) is 0 Å². The van der Waals surface area contributed by atoms with Gasteiger partial charge in [-0.15, -0.1) is 0 Å². The molecular weight excluding hydrogens is 727 g/mol. The molecule has 2 heteroatoms. The smallest absolute Gasteiger partial charge is 0.135 e. The Bertz CT molecular complexity index is 3290. The lowest BCUT2D eigenvalue weighted by atomic mass is 9.96. The summed E-state index contributed by atoms with van der Waals surface area (Å²) in [6.07, 6.45) is 0. The van der Waals surface area contributed by atoms with Crippen LogP contribution in [0.2, 0.25) is 0 Å². The van der Waals surface area contributed by atoms with E-state index < -0.39 is 0 Å². The summed E-state index contributed by atoms with van der Waals surface area (Å²) in [5.74, 6) is 0. The second-order valence-electron chi connectivity index (χ2n) is 15.3. The number of para-hydroxylation sites is 2. The van der Waals surface area contributed by atoms with E-state index in [0.717, 1.165) is 50.1 Å². The summed E-state index contributed by atoms with van der Waals surface area (Å²) in [6, 6.07) is 85.0. The standard InChI is InChI=1S/C58H39NO/c1-2-11-40(12-3-1)42-21-23-43(24-22-42)44-27-32-51(33-28-44)59(56-19-8-6-17-53(56)50-31-36-58-55(39-50)54-18-7-9-20-57(54)60-58)52-34-29-45(30-35-52)47-15-10-16-48(37-47)49-26-25-41-13-4-5-14-46(41)38-49/h1-39H. The molecule has 0 saturated carbocycles. The maximum absolute atomic E-state index is 6.22. The van der Waals surface area contributed by atoms with Crippen LogP contribution >= 0.6 is 0 Å². The number of rotatable bonds is 8. The predicted octanol–water partition coefficient (Wildman–Crippen LogP) is 16.5. The highest BCUT2D eigenvalue weighted by molar-refractivity contribution is 6.07. The van der Waals surface area contributed by atoms with Gasteiger partial charge in [-0.1, -0.05) is 176 Å². The van der Waals surface area contributed by atoms with E-state index >= 15 is 0 Å². The lowest BCUT2D eigenvalue weighted by Crippen LogP contribution is -2.11. The minimum Gasteiger partial charge on any atom is -0.456 e. The molecule has 0 amide bonds. The van der Waals surface area contributed by atoms with E-state index in [9.17, 15) is 0 Å². The van der Waals surface area contributed by atoms with Gasteiger partial charge in [0.05, 0.1) is 5.69 Å². The van der Waals surface area contributed by atoms with Crippen LogP contribution in [-0.4, -0.2) is 0 Å². The average Bonchev–Trinajstić information content (AvgIpc) is 3.71. The minimum absolute atomic E-state index is 0.891. The molecule has 0 aliphatic heterocycles. The lowest BCUT2D eigenvalue weighted by Gasteiger charge is -2.28. The van der Waals surface area contributed by atoms with Gasteiger partial charge in [-0.3, -0.25) is 0 Å². The first-order valence-electron chi connectivity index (χ1n) is 20.5. The van der Waals surface area contributed by atoms with Gasteiger partial charge in [-0.2, -0.15) is 0 Å². The van der Waals surface area contributed by atoms with Crippen molar-refractivity contribution in [1.82, 2.24) is 0 Å². The van der Waals surface area contributed by atoms with Crippen LogP contribution in [0.1, 0.15) is 0 Å². The Morgan fingerprint density at radius 3 is 1.48 bits per heavy atom. The van der Waals surface area contributed by atoms with Crippen LogP contribution in [0.15, 0.2) is 241 Å². The predicted molar refractivity (Wildman–Crippen MR) is 253 cm³/mol. The van der Waals surface area contributed by atoms with Crippen molar-refractivity contribution in [1.29, 1.82) is 0 Å². The van der Waals surface area contributed by atoms with E-state index in [-0.39, 0.29) is 0 Å². The van der Waals surface area contributed by atoms with Gasteiger partial charge in [0, 0.05) is 27.7 Å². The molecule has 10 aromatic carbocycles. The molecule has 0 spiro atoms. The molecule has 0 atom stereocenters. The van der Waals surface area contributed by atoms with Crippen molar-refractivity contribution < 1.29 is 4.42 Å². The van der Waals surface area contributed by atoms with Crippen LogP contribution in [0, 0.1) is 0 Å². The van der Waals surface area contributed by atoms with Gasteiger partial charge in [0.25, 0.3) is 0 Å². The minimum atomic E-state index is 0.891. The maximum atomic E-state index is 6.22. The normalized spacial score (nSPS) is 11.3. The number of fused-ring (bicyclic) bond motifs is 4. The van der Waals surface area contributed by atoms with Gasteiger partial charge in [-0.05, 0) is 122 Å². The third-order valence-electron chi connectivity index (χ3n) is 11.7. The monoisotopic (exact) mass is 765 g/mol. The maximum Gasteiger partial charge on any atom is 0.135 e. The number of hydrogen-bond donors (Lipinski definition) is 0. The molecule has 11 rings (SSSR count). The molecule has 11 aromatic rings. The van der Waals surface area contributed by atoms with Gasteiger partial charge in [-0.25, -0.2) is 0 Å². The quantitative estimate of drug-likeness (QED) is 0.153. The fraction of sp³-hybridized carbons (Fsp3) is 0. The Balaban J connectivity index is 0.983. The molecule has 0 N–H and O–H groups in total. The van der Waals surface area contributed by atoms with Crippen molar-refractivity contribution in [3.05, 3.63) is 237 Å². The van der Waals surface area contributed by atoms with Crippen LogP contribution in [0.5, 0.6) is 0 Å². The molecular formula is C58H39NO. The van der Waals surface area contributed by atoms with Crippen molar-refractivity contribution in [2.75, 3.05) is 4.90 Å². The average molecular weight is 766 g/mol. The summed E-state index contributed by atoms with van der Waals surface area (Å²) in [6.45, 7) is 0. The molecule has 0 fully saturated rings. The molecule has 0 radical (unpaired) electrons. The van der Waals surface area contributed by atoms with Crippen molar-refractivity contribution in [2.24, 2.45) is 0 Å². The zero-order valence-corrected chi connectivity index (χ0v) is 32.9. The molecule has 0 aliphatic rings. The molecule has 0 aliphatic carbocycles. The highest BCUT2D eigenvalue weighted by Gasteiger charge is 2.19. The second kappa shape index (κ2) is 15.1. The topological polar surface area (TPSA) is 16.4 Å². The van der Waals surface area contributed by atoms with Crippen LogP contribution in [0.3, 0.4) is 0 Å². The number of hydrogen-bond acceptors (Lipinski definition) is 2. The molecule has 282 valence electrons. The van der Waals surface area contributed by atoms with Gasteiger partial charge in [0.1, 0.15) is 11.2 Å². The molecule has 1 heterocycles. The van der Waals surface area contributed by atoms with Crippen molar-refractivity contribution in [2.45, 2.75) is 0 Å². The first-order chi connectivity index (χ1) is 29.7. The van der Waals surface area contributed by atoms with E-state index in [1.165, 1.54) is 55.3 Å². The van der Waals surface area contributed by atoms with Gasteiger partial charge < -0.3 is 9.32 Å². The summed E-state index contributed by atoms with van der Waals surface area (Å²) < 4.78 is 6.22. The molecule has 60 heavy (non-hydrogen) atoms.